The third kappa shape index (κ3) is 9.75. The Balaban J connectivity index is 0. The van der Waals surface area contributed by atoms with Crippen LogP contribution in [-0.4, -0.2) is 11.5 Å². The summed E-state index contributed by atoms with van der Waals surface area (Å²) >= 11 is 1.82. The molecule has 0 saturated carbocycles. The molecule has 0 aromatic carbocycles. The van der Waals surface area contributed by atoms with Crippen LogP contribution in [0.2, 0.25) is 0 Å². The van der Waals surface area contributed by atoms with Crippen LogP contribution in [0.25, 0.3) is 0 Å². The summed E-state index contributed by atoms with van der Waals surface area (Å²) in [5.41, 5.74) is 0. The van der Waals surface area contributed by atoms with Gasteiger partial charge in [0.15, 0.2) is 0 Å². The molecule has 2 heteroatoms. The van der Waals surface area contributed by atoms with Crippen molar-refractivity contribution in [3.63, 3.8) is 0 Å². The summed E-state index contributed by atoms with van der Waals surface area (Å²) in [5, 5.41) is 0. The van der Waals surface area contributed by atoms with Crippen LogP contribution in [0.5, 0.6) is 0 Å². The van der Waals surface area contributed by atoms with E-state index >= 15 is 0 Å². The molecule has 8 heavy (non-hydrogen) atoms. The highest BCUT2D eigenvalue weighted by Gasteiger charge is 1.73. The van der Waals surface area contributed by atoms with Gasteiger partial charge >= 0.3 is 0 Å². The van der Waals surface area contributed by atoms with Crippen molar-refractivity contribution in [1.29, 1.82) is 0 Å². The van der Waals surface area contributed by atoms with Gasteiger partial charge in [-0.05, 0) is 0 Å². The van der Waals surface area contributed by atoms with Crippen LogP contribution in [0.4, 0.5) is 0 Å². The molecule has 0 spiro atoms. The fourth-order valence-corrected chi connectivity index (χ4v) is 0.704. The van der Waals surface area contributed by atoms with E-state index in [9.17, 15) is 0 Å². The van der Waals surface area contributed by atoms with E-state index < -0.39 is 0 Å². The third-order valence-electron chi connectivity index (χ3n) is 0.471. The average molecular weight is 242 g/mol. The second kappa shape index (κ2) is 10.5. The number of halogens is 1. The van der Waals surface area contributed by atoms with Crippen LogP contribution < -0.4 is 0 Å². The Bertz CT molecular complexity index is 53.5. The molecule has 0 aliphatic rings. The lowest BCUT2D eigenvalue weighted by atomic mass is 10.8. The zero-order valence-corrected chi connectivity index (χ0v) is 7.95. The molecule has 0 atom stereocenters. The minimum absolute atomic E-state index is 0. The summed E-state index contributed by atoms with van der Waals surface area (Å²) in [6.45, 7) is 7.15. The Morgan fingerprint density at radius 1 is 1.12 bits per heavy atom. The van der Waals surface area contributed by atoms with E-state index in [1.165, 1.54) is 0 Å². The number of hydrogen-bond donors (Lipinski definition) is 0. The molecular formula is C6H11IS. The van der Waals surface area contributed by atoms with Crippen molar-refractivity contribution < 1.29 is 0 Å². The molecule has 0 bridgehead atoms. The van der Waals surface area contributed by atoms with Gasteiger partial charge in [0.05, 0.1) is 0 Å². The van der Waals surface area contributed by atoms with E-state index in [2.05, 4.69) is 13.2 Å². The smallest absolute Gasteiger partial charge is 0.0113 e. The Morgan fingerprint density at radius 3 is 1.75 bits per heavy atom. The molecule has 0 aromatic rings. The van der Waals surface area contributed by atoms with Crippen molar-refractivity contribution in [2.75, 3.05) is 11.5 Å². The molecule has 48 valence electrons. The van der Waals surface area contributed by atoms with Crippen LogP contribution in [0.15, 0.2) is 25.3 Å². The van der Waals surface area contributed by atoms with Gasteiger partial charge in [-0.25, -0.2) is 0 Å². The van der Waals surface area contributed by atoms with Crippen molar-refractivity contribution in [3.8, 4) is 0 Å². The number of rotatable bonds is 4. The van der Waals surface area contributed by atoms with Gasteiger partial charge in [-0.1, -0.05) is 12.2 Å². The molecular weight excluding hydrogens is 231 g/mol. The fourth-order valence-electron chi connectivity index (χ4n) is 0.235. The second-order valence-electron chi connectivity index (χ2n) is 1.11. The summed E-state index contributed by atoms with van der Waals surface area (Å²) in [7, 11) is 0. The van der Waals surface area contributed by atoms with E-state index in [4.69, 9.17) is 0 Å². The van der Waals surface area contributed by atoms with E-state index in [0.29, 0.717) is 0 Å². The van der Waals surface area contributed by atoms with E-state index in [1.807, 2.05) is 23.9 Å². The predicted molar refractivity (Wildman–Crippen MR) is 53.1 cm³/mol. The van der Waals surface area contributed by atoms with Crippen molar-refractivity contribution in [2.45, 2.75) is 0 Å². The van der Waals surface area contributed by atoms with Gasteiger partial charge in [-0.15, -0.1) is 37.1 Å². The second-order valence-corrected chi connectivity index (χ2v) is 2.19. The van der Waals surface area contributed by atoms with Gasteiger partial charge in [0.25, 0.3) is 0 Å². The summed E-state index contributed by atoms with van der Waals surface area (Å²) in [4.78, 5) is 0. The Kier molecular flexibility index (Phi) is 15.0. The van der Waals surface area contributed by atoms with Crippen LogP contribution >= 0.6 is 35.7 Å². The highest BCUT2D eigenvalue weighted by Crippen LogP contribution is 1.97. The summed E-state index contributed by atoms with van der Waals surface area (Å²) < 4.78 is 0. The first-order chi connectivity index (χ1) is 3.41. The summed E-state index contributed by atoms with van der Waals surface area (Å²) in [6.07, 6.45) is 3.79. The van der Waals surface area contributed by atoms with Gasteiger partial charge in [-0.3, -0.25) is 0 Å². The predicted octanol–water partition coefficient (Wildman–Crippen LogP) is 2.71. The molecule has 0 N–H and O–H groups in total. The van der Waals surface area contributed by atoms with Crippen LogP contribution in [-0.2, 0) is 0 Å². The minimum Gasteiger partial charge on any atom is -0.154 e. The molecule has 0 aliphatic carbocycles. The van der Waals surface area contributed by atoms with E-state index in [1.54, 1.807) is 0 Å². The molecule has 0 aromatic heterocycles. The molecule has 0 unspecified atom stereocenters. The largest absolute Gasteiger partial charge is 0.154 e. The lowest BCUT2D eigenvalue weighted by Crippen LogP contribution is -1.69. The zero-order chi connectivity index (χ0) is 5.54. The molecule has 0 saturated heterocycles. The maximum absolute atomic E-state index is 3.58. The average Bonchev–Trinajstić information content (AvgIpc) is 1.69. The Hall–Kier alpha value is 0.560. The SMILES string of the molecule is C=CCSCC=C.I. The Morgan fingerprint density at radius 2 is 1.50 bits per heavy atom. The minimum atomic E-state index is 0. The maximum atomic E-state index is 3.58. The zero-order valence-electron chi connectivity index (χ0n) is 4.80. The number of hydrogen-bond acceptors (Lipinski definition) is 1. The lowest BCUT2D eigenvalue weighted by molar-refractivity contribution is 1.74. The standard InChI is InChI=1S/C6H10S.HI/c1-3-5-7-6-4-2;/h3-4H,1-2,5-6H2;1H. The normalized spacial score (nSPS) is 7.00. The quantitative estimate of drug-likeness (QED) is 0.415. The molecule has 0 heterocycles. The molecule has 0 nitrogen and oxygen atoms in total. The van der Waals surface area contributed by atoms with Gasteiger partial charge in [0, 0.05) is 11.5 Å². The molecule has 0 amide bonds. The molecule has 0 rings (SSSR count). The Labute approximate surface area is 72.5 Å². The van der Waals surface area contributed by atoms with Crippen LogP contribution in [0, 0.1) is 0 Å². The van der Waals surface area contributed by atoms with Crippen molar-refractivity contribution >= 4 is 35.7 Å². The first-order valence-electron chi connectivity index (χ1n) is 2.21. The molecule has 0 aliphatic heterocycles. The van der Waals surface area contributed by atoms with Gasteiger partial charge in [-0.2, -0.15) is 11.8 Å². The molecule has 0 fully saturated rings. The monoisotopic (exact) mass is 242 g/mol. The summed E-state index contributed by atoms with van der Waals surface area (Å²) in [5.74, 6) is 2.07. The number of thioether (sulfide) groups is 1. The highest BCUT2D eigenvalue weighted by molar-refractivity contribution is 14.0. The van der Waals surface area contributed by atoms with Gasteiger partial charge in [0.2, 0.25) is 0 Å². The van der Waals surface area contributed by atoms with Gasteiger partial charge < -0.3 is 0 Å². The van der Waals surface area contributed by atoms with Crippen molar-refractivity contribution in [1.82, 2.24) is 0 Å². The lowest BCUT2D eigenvalue weighted by Gasteiger charge is -1.85. The molecule has 0 radical (unpaired) electrons. The first kappa shape index (κ1) is 11.4. The van der Waals surface area contributed by atoms with Gasteiger partial charge in [0.1, 0.15) is 0 Å². The van der Waals surface area contributed by atoms with Crippen molar-refractivity contribution in [3.05, 3.63) is 25.3 Å². The summed E-state index contributed by atoms with van der Waals surface area (Å²) in [6, 6.07) is 0. The third-order valence-corrected chi connectivity index (χ3v) is 1.41. The fraction of sp³-hybridized carbons (Fsp3) is 0.333. The van der Waals surface area contributed by atoms with E-state index in [-0.39, 0.29) is 24.0 Å². The van der Waals surface area contributed by atoms with E-state index in [0.717, 1.165) is 11.5 Å². The first-order valence-corrected chi connectivity index (χ1v) is 3.37. The van der Waals surface area contributed by atoms with Crippen LogP contribution in [0.3, 0.4) is 0 Å². The van der Waals surface area contributed by atoms with Crippen molar-refractivity contribution in [2.24, 2.45) is 0 Å². The maximum Gasteiger partial charge on any atom is 0.0113 e. The topological polar surface area (TPSA) is 0 Å². The van der Waals surface area contributed by atoms with Crippen LogP contribution in [0.1, 0.15) is 0 Å². The highest BCUT2D eigenvalue weighted by atomic mass is 127.